The first-order valence-electron chi connectivity index (χ1n) is 7.15. The molecule has 2 nitrogen and oxygen atoms in total. The van der Waals surface area contributed by atoms with Gasteiger partial charge in [-0.3, -0.25) is 4.90 Å². The fourth-order valence-electron chi connectivity index (χ4n) is 2.79. The molecule has 3 heteroatoms. The molecule has 1 aliphatic heterocycles. The van der Waals surface area contributed by atoms with E-state index in [2.05, 4.69) is 48.5 Å². The predicted molar refractivity (Wildman–Crippen MR) is 80.1 cm³/mol. The van der Waals surface area contributed by atoms with Crippen molar-refractivity contribution in [2.24, 2.45) is 5.92 Å². The van der Waals surface area contributed by atoms with E-state index in [0.29, 0.717) is 12.1 Å². The third-order valence-corrected chi connectivity index (χ3v) is 4.76. The largest absolute Gasteiger partial charge is 0.314 e. The zero-order valence-electron chi connectivity index (χ0n) is 11.9. The molecule has 0 saturated carbocycles. The fourth-order valence-corrected chi connectivity index (χ4v) is 3.52. The molecule has 1 aromatic heterocycles. The van der Waals surface area contributed by atoms with Crippen LogP contribution in [-0.2, 0) is 6.54 Å². The molecule has 0 spiro atoms. The van der Waals surface area contributed by atoms with Crippen LogP contribution in [0.15, 0.2) is 17.5 Å². The molecule has 1 saturated heterocycles. The maximum Gasteiger partial charge on any atom is 0.0330 e. The molecule has 2 rings (SSSR count). The molecule has 1 aliphatic rings. The van der Waals surface area contributed by atoms with Crippen molar-refractivity contribution < 1.29 is 0 Å². The third kappa shape index (κ3) is 4.08. The Morgan fingerprint density at radius 2 is 2.33 bits per heavy atom. The first-order valence-corrected chi connectivity index (χ1v) is 8.03. The summed E-state index contributed by atoms with van der Waals surface area (Å²) in [4.78, 5) is 4.12. The van der Waals surface area contributed by atoms with Crippen molar-refractivity contribution >= 4 is 11.3 Å². The Kier molecular flexibility index (Phi) is 5.22. The molecular weight excluding hydrogens is 240 g/mol. The highest BCUT2D eigenvalue weighted by Crippen LogP contribution is 2.21. The normalized spacial score (nSPS) is 24.9. The fraction of sp³-hybridized carbons (Fsp3) is 0.733. The lowest BCUT2D eigenvalue weighted by Crippen LogP contribution is -2.42. The summed E-state index contributed by atoms with van der Waals surface area (Å²) < 4.78 is 0. The highest BCUT2D eigenvalue weighted by atomic mass is 32.1. The van der Waals surface area contributed by atoms with Gasteiger partial charge >= 0.3 is 0 Å². The van der Waals surface area contributed by atoms with Crippen LogP contribution >= 0.6 is 11.3 Å². The van der Waals surface area contributed by atoms with E-state index >= 15 is 0 Å². The van der Waals surface area contributed by atoms with Crippen molar-refractivity contribution in [3.63, 3.8) is 0 Å². The molecule has 1 N–H and O–H groups in total. The summed E-state index contributed by atoms with van der Waals surface area (Å²) in [5.41, 5.74) is 0. The zero-order valence-corrected chi connectivity index (χ0v) is 12.7. The maximum absolute atomic E-state index is 3.54. The van der Waals surface area contributed by atoms with E-state index in [4.69, 9.17) is 0 Å². The Balaban J connectivity index is 1.89. The predicted octanol–water partition coefficient (Wildman–Crippen LogP) is 3.35. The van der Waals surface area contributed by atoms with Crippen molar-refractivity contribution in [2.45, 2.75) is 52.2 Å². The van der Waals surface area contributed by atoms with E-state index in [1.165, 1.54) is 30.8 Å². The van der Waals surface area contributed by atoms with Crippen LogP contribution in [0.3, 0.4) is 0 Å². The van der Waals surface area contributed by atoms with E-state index < -0.39 is 0 Å². The molecule has 1 aromatic rings. The number of hydrogen-bond donors (Lipinski definition) is 1. The minimum Gasteiger partial charge on any atom is -0.314 e. The molecule has 0 aliphatic carbocycles. The van der Waals surface area contributed by atoms with Crippen molar-refractivity contribution in [3.8, 4) is 0 Å². The average Bonchev–Trinajstić information content (AvgIpc) is 2.81. The van der Waals surface area contributed by atoms with Gasteiger partial charge in [-0.2, -0.15) is 0 Å². The minimum atomic E-state index is 0.636. The number of hydrogen-bond acceptors (Lipinski definition) is 3. The third-order valence-electron chi connectivity index (χ3n) is 3.89. The number of piperidine rings is 1. The minimum absolute atomic E-state index is 0.636. The SMILES string of the molecule is CC1CC(CN(Cc2cccs2)C(C)C)CCN1. The van der Waals surface area contributed by atoms with Crippen molar-refractivity contribution in [1.29, 1.82) is 0 Å². The molecule has 0 amide bonds. The van der Waals surface area contributed by atoms with Gasteiger partial charge in [-0.15, -0.1) is 11.3 Å². The van der Waals surface area contributed by atoms with E-state index in [-0.39, 0.29) is 0 Å². The molecule has 2 atom stereocenters. The second kappa shape index (κ2) is 6.69. The second-order valence-corrected chi connectivity index (χ2v) is 6.88. The molecule has 2 heterocycles. The number of rotatable bonds is 5. The van der Waals surface area contributed by atoms with Crippen molar-refractivity contribution in [2.75, 3.05) is 13.1 Å². The summed E-state index contributed by atoms with van der Waals surface area (Å²) >= 11 is 1.88. The van der Waals surface area contributed by atoms with E-state index in [1.54, 1.807) is 0 Å². The molecule has 102 valence electrons. The molecule has 1 fully saturated rings. The lowest BCUT2D eigenvalue weighted by Gasteiger charge is -2.34. The summed E-state index contributed by atoms with van der Waals surface area (Å²) in [6, 6.07) is 5.74. The summed E-state index contributed by atoms with van der Waals surface area (Å²) in [7, 11) is 0. The number of nitrogens with zero attached hydrogens (tertiary/aromatic N) is 1. The second-order valence-electron chi connectivity index (χ2n) is 5.85. The molecular formula is C15H26N2S. The van der Waals surface area contributed by atoms with E-state index in [9.17, 15) is 0 Å². The van der Waals surface area contributed by atoms with Crippen LogP contribution in [0.25, 0.3) is 0 Å². The molecule has 0 aromatic carbocycles. The van der Waals surface area contributed by atoms with Gasteiger partial charge in [0, 0.05) is 30.1 Å². The summed E-state index contributed by atoms with van der Waals surface area (Å²) in [5, 5.41) is 5.72. The van der Waals surface area contributed by atoms with Crippen LogP contribution in [0.5, 0.6) is 0 Å². The summed E-state index contributed by atoms with van der Waals surface area (Å²) in [6.45, 7) is 10.5. The maximum atomic E-state index is 3.54. The van der Waals surface area contributed by atoms with Gasteiger partial charge in [-0.1, -0.05) is 6.07 Å². The van der Waals surface area contributed by atoms with Crippen LogP contribution in [0.4, 0.5) is 0 Å². The Bertz CT molecular complexity index is 334. The average molecular weight is 266 g/mol. The van der Waals surface area contributed by atoms with Crippen LogP contribution in [0, 0.1) is 5.92 Å². The van der Waals surface area contributed by atoms with Crippen LogP contribution < -0.4 is 5.32 Å². The monoisotopic (exact) mass is 266 g/mol. The zero-order chi connectivity index (χ0) is 13.0. The Hall–Kier alpha value is -0.380. The van der Waals surface area contributed by atoms with Crippen molar-refractivity contribution in [1.82, 2.24) is 10.2 Å². The standard InChI is InChI=1S/C15H26N2S/c1-12(2)17(11-15-5-4-8-18-15)10-14-6-7-16-13(3)9-14/h4-5,8,12-14,16H,6-7,9-11H2,1-3H3. The van der Waals surface area contributed by atoms with Gasteiger partial charge in [0.2, 0.25) is 0 Å². The number of nitrogens with one attached hydrogen (secondary N) is 1. The molecule has 0 radical (unpaired) electrons. The summed E-state index contributed by atoms with van der Waals surface area (Å²) in [6.07, 6.45) is 2.66. The van der Waals surface area contributed by atoms with Gasteiger partial charge in [0.25, 0.3) is 0 Å². The first-order chi connectivity index (χ1) is 8.65. The van der Waals surface area contributed by atoms with Gasteiger partial charge in [-0.05, 0) is 57.5 Å². The van der Waals surface area contributed by atoms with Gasteiger partial charge in [0.05, 0.1) is 0 Å². The van der Waals surface area contributed by atoms with Gasteiger partial charge in [0.15, 0.2) is 0 Å². The Labute approximate surface area is 115 Å². The highest BCUT2D eigenvalue weighted by Gasteiger charge is 2.22. The Morgan fingerprint density at radius 1 is 1.50 bits per heavy atom. The lowest BCUT2D eigenvalue weighted by molar-refractivity contribution is 0.154. The van der Waals surface area contributed by atoms with Crippen molar-refractivity contribution in [3.05, 3.63) is 22.4 Å². The van der Waals surface area contributed by atoms with E-state index in [0.717, 1.165) is 12.5 Å². The molecule has 2 unspecified atom stereocenters. The quantitative estimate of drug-likeness (QED) is 0.879. The smallest absolute Gasteiger partial charge is 0.0330 e. The van der Waals surface area contributed by atoms with Gasteiger partial charge < -0.3 is 5.32 Å². The van der Waals surface area contributed by atoms with Crippen LogP contribution in [-0.4, -0.2) is 30.1 Å². The van der Waals surface area contributed by atoms with Crippen LogP contribution in [0.2, 0.25) is 0 Å². The lowest BCUT2D eigenvalue weighted by atomic mass is 9.92. The van der Waals surface area contributed by atoms with Gasteiger partial charge in [-0.25, -0.2) is 0 Å². The molecule has 0 bridgehead atoms. The summed E-state index contributed by atoms with van der Waals surface area (Å²) in [5.74, 6) is 0.864. The van der Waals surface area contributed by atoms with Crippen LogP contribution in [0.1, 0.15) is 38.5 Å². The number of thiophene rings is 1. The topological polar surface area (TPSA) is 15.3 Å². The molecule has 18 heavy (non-hydrogen) atoms. The van der Waals surface area contributed by atoms with E-state index in [1.807, 2.05) is 11.3 Å². The Morgan fingerprint density at radius 3 is 2.94 bits per heavy atom. The highest BCUT2D eigenvalue weighted by molar-refractivity contribution is 7.09. The van der Waals surface area contributed by atoms with Gasteiger partial charge in [0.1, 0.15) is 0 Å². The first kappa shape index (κ1) is 14.0.